The molecule has 0 aliphatic carbocycles. The first-order valence-electron chi connectivity index (χ1n) is 3.58. The van der Waals surface area contributed by atoms with Crippen molar-refractivity contribution in [3.8, 4) is 0 Å². The van der Waals surface area contributed by atoms with Crippen LogP contribution in [0.5, 0.6) is 0 Å². The Labute approximate surface area is 65.5 Å². The highest BCUT2D eigenvalue weighted by Crippen LogP contribution is 2.27. The molecule has 0 aromatic heterocycles. The van der Waals surface area contributed by atoms with Gasteiger partial charge < -0.3 is 15.2 Å². The summed E-state index contributed by atoms with van der Waals surface area (Å²) in [6.07, 6.45) is -0.208. The maximum atomic E-state index is 10.8. The molecule has 2 atom stereocenters. The van der Waals surface area contributed by atoms with Crippen molar-refractivity contribution in [2.24, 2.45) is 5.41 Å². The molecule has 4 heteroatoms. The van der Waals surface area contributed by atoms with Crippen molar-refractivity contribution in [2.75, 3.05) is 20.2 Å². The molecule has 0 amide bonds. The Balaban J connectivity index is 2.75. The van der Waals surface area contributed by atoms with Crippen molar-refractivity contribution in [3.63, 3.8) is 0 Å². The van der Waals surface area contributed by atoms with Gasteiger partial charge in [0.05, 0.1) is 6.10 Å². The van der Waals surface area contributed by atoms with E-state index in [2.05, 4.69) is 5.32 Å². The minimum Gasteiger partial charge on any atom is -0.481 e. The lowest BCUT2D eigenvalue weighted by Crippen LogP contribution is -2.39. The molecule has 1 rings (SSSR count). The molecule has 64 valence electrons. The molecule has 0 aromatic rings. The monoisotopic (exact) mass is 159 g/mol. The summed E-state index contributed by atoms with van der Waals surface area (Å²) in [6.45, 7) is 2.81. The summed E-state index contributed by atoms with van der Waals surface area (Å²) in [5.41, 5.74) is -0.755. The van der Waals surface area contributed by atoms with Gasteiger partial charge in [-0.3, -0.25) is 4.79 Å². The molecule has 0 bridgehead atoms. The van der Waals surface area contributed by atoms with Crippen LogP contribution in [0, 0.1) is 5.41 Å². The molecule has 1 aliphatic heterocycles. The SMILES string of the molecule is COC1CNCC1(C)C(=O)O. The largest absolute Gasteiger partial charge is 0.481 e. The molecule has 1 saturated heterocycles. The van der Waals surface area contributed by atoms with Gasteiger partial charge in [0.15, 0.2) is 0 Å². The summed E-state index contributed by atoms with van der Waals surface area (Å²) in [5.74, 6) is -0.797. The van der Waals surface area contributed by atoms with Crippen molar-refractivity contribution >= 4 is 5.97 Å². The van der Waals surface area contributed by atoms with Crippen LogP contribution in [0.4, 0.5) is 0 Å². The Morgan fingerprint density at radius 3 is 2.82 bits per heavy atom. The van der Waals surface area contributed by atoms with Gasteiger partial charge >= 0.3 is 5.97 Å². The van der Waals surface area contributed by atoms with Crippen molar-refractivity contribution in [3.05, 3.63) is 0 Å². The van der Waals surface area contributed by atoms with Crippen LogP contribution in [0.15, 0.2) is 0 Å². The third-order valence-corrected chi connectivity index (χ3v) is 2.31. The van der Waals surface area contributed by atoms with E-state index >= 15 is 0 Å². The van der Waals surface area contributed by atoms with Crippen LogP contribution in [0.2, 0.25) is 0 Å². The van der Waals surface area contributed by atoms with Gasteiger partial charge in [-0.25, -0.2) is 0 Å². The van der Waals surface area contributed by atoms with Crippen molar-refractivity contribution in [1.29, 1.82) is 0 Å². The Morgan fingerprint density at radius 1 is 1.82 bits per heavy atom. The molecule has 1 aliphatic rings. The number of hydrogen-bond acceptors (Lipinski definition) is 3. The van der Waals surface area contributed by atoms with E-state index in [1.165, 1.54) is 0 Å². The fraction of sp³-hybridized carbons (Fsp3) is 0.857. The molecule has 11 heavy (non-hydrogen) atoms. The number of nitrogens with one attached hydrogen (secondary N) is 1. The summed E-state index contributed by atoms with van der Waals surface area (Å²) < 4.78 is 5.04. The molecule has 2 N–H and O–H groups in total. The molecule has 1 fully saturated rings. The van der Waals surface area contributed by atoms with Crippen LogP contribution in [0.25, 0.3) is 0 Å². The third-order valence-electron chi connectivity index (χ3n) is 2.31. The maximum absolute atomic E-state index is 10.8. The van der Waals surface area contributed by atoms with E-state index < -0.39 is 11.4 Å². The van der Waals surface area contributed by atoms with E-state index in [1.807, 2.05) is 0 Å². The van der Waals surface area contributed by atoms with Crippen molar-refractivity contribution in [2.45, 2.75) is 13.0 Å². The normalized spacial score (nSPS) is 37.5. The van der Waals surface area contributed by atoms with E-state index in [1.54, 1.807) is 14.0 Å². The Bertz CT molecular complexity index is 171. The van der Waals surface area contributed by atoms with Gasteiger partial charge in [0, 0.05) is 20.2 Å². The number of carbonyl (C=O) groups is 1. The summed E-state index contributed by atoms with van der Waals surface area (Å²) in [4.78, 5) is 10.8. The fourth-order valence-electron chi connectivity index (χ4n) is 1.36. The lowest BCUT2D eigenvalue weighted by atomic mass is 9.87. The Kier molecular flexibility index (Phi) is 2.15. The summed E-state index contributed by atoms with van der Waals surface area (Å²) >= 11 is 0. The molecule has 0 radical (unpaired) electrons. The minimum atomic E-state index is -0.797. The summed E-state index contributed by atoms with van der Waals surface area (Å²) in [6, 6.07) is 0. The molecular weight excluding hydrogens is 146 g/mol. The van der Waals surface area contributed by atoms with Crippen molar-refractivity contribution in [1.82, 2.24) is 5.32 Å². The topological polar surface area (TPSA) is 58.6 Å². The maximum Gasteiger partial charge on any atom is 0.313 e. The van der Waals surface area contributed by atoms with E-state index in [-0.39, 0.29) is 6.10 Å². The molecular formula is C7H13NO3. The summed E-state index contributed by atoms with van der Waals surface area (Å²) in [5, 5.41) is 11.8. The van der Waals surface area contributed by atoms with E-state index in [4.69, 9.17) is 9.84 Å². The average molecular weight is 159 g/mol. The summed E-state index contributed by atoms with van der Waals surface area (Å²) in [7, 11) is 1.54. The smallest absolute Gasteiger partial charge is 0.313 e. The first-order valence-corrected chi connectivity index (χ1v) is 3.58. The van der Waals surface area contributed by atoms with Gasteiger partial charge in [-0.2, -0.15) is 0 Å². The second-order valence-corrected chi connectivity index (χ2v) is 3.08. The number of carboxylic acids is 1. The number of methoxy groups -OCH3 is 1. The lowest BCUT2D eigenvalue weighted by molar-refractivity contribution is -0.152. The van der Waals surface area contributed by atoms with E-state index in [9.17, 15) is 4.79 Å². The van der Waals surface area contributed by atoms with Gasteiger partial charge in [-0.15, -0.1) is 0 Å². The molecule has 0 aromatic carbocycles. The number of hydrogen-bond donors (Lipinski definition) is 2. The van der Waals surface area contributed by atoms with Crippen molar-refractivity contribution < 1.29 is 14.6 Å². The van der Waals surface area contributed by atoms with Gasteiger partial charge in [0.1, 0.15) is 5.41 Å². The second-order valence-electron chi connectivity index (χ2n) is 3.08. The molecule has 2 unspecified atom stereocenters. The highest BCUT2D eigenvalue weighted by Gasteiger charge is 2.45. The first kappa shape index (κ1) is 8.49. The number of aliphatic carboxylic acids is 1. The van der Waals surface area contributed by atoms with Crippen LogP contribution in [0.3, 0.4) is 0 Å². The Hall–Kier alpha value is -0.610. The minimum absolute atomic E-state index is 0.208. The average Bonchev–Trinajstić information content (AvgIpc) is 2.32. The van der Waals surface area contributed by atoms with Gasteiger partial charge in [-0.1, -0.05) is 0 Å². The van der Waals surface area contributed by atoms with Crippen LogP contribution in [0.1, 0.15) is 6.92 Å². The predicted octanol–water partition coefficient (Wildman–Crippen LogP) is -0.305. The van der Waals surface area contributed by atoms with Crippen LogP contribution >= 0.6 is 0 Å². The highest BCUT2D eigenvalue weighted by atomic mass is 16.5. The zero-order valence-corrected chi connectivity index (χ0v) is 6.76. The number of ether oxygens (including phenoxy) is 1. The lowest BCUT2D eigenvalue weighted by Gasteiger charge is -2.23. The molecule has 1 heterocycles. The Morgan fingerprint density at radius 2 is 2.45 bits per heavy atom. The van der Waals surface area contributed by atoms with Gasteiger partial charge in [0.2, 0.25) is 0 Å². The number of rotatable bonds is 2. The number of carboxylic acid groups (broad SMARTS) is 1. The predicted molar refractivity (Wildman–Crippen MR) is 39.4 cm³/mol. The fourth-order valence-corrected chi connectivity index (χ4v) is 1.36. The van der Waals surface area contributed by atoms with E-state index in [0.29, 0.717) is 13.1 Å². The molecule has 4 nitrogen and oxygen atoms in total. The van der Waals surface area contributed by atoms with E-state index in [0.717, 1.165) is 0 Å². The highest BCUT2D eigenvalue weighted by molar-refractivity contribution is 5.75. The second kappa shape index (κ2) is 2.79. The molecule has 0 spiro atoms. The third kappa shape index (κ3) is 1.23. The standard InChI is InChI=1S/C7H13NO3/c1-7(6(9)10)4-8-3-5(7)11-2/h5,8H,3-4H2,1-2H3,(H,9,10). The van der Waals surface area contributed by atoms with Crippen LogP contribution < -0.4 is 5.32 Å². The quantitative estimate of drug-likeness (QED) is 0.580. The van der Waals surface area contributed by atoms with Gasteiger partial charge in [0.25, 0.3) is 0 Å². The zero-order chi connectivity index (χ0) is 8.48. The molecule has 0 saturated carbocycles. The van der Waals surface area contributed by atoms with Gasteiger partial charge in [-0.05, 0) is 6.92 Å². The first-order chi connectivity index (χ1) is 5.11. The van der Waals surface area contributed by atoms with Crippen LogP contribution in [-0.2, 0) is 9.53 Å². The zero-order valence-electron chi connectivity index (χ0n) is 6.76. The van der Waals surface area contributed by atoms with Crippen LogP contribution in [-0.4, -0.2) is 37.4 Å².